The van der Waals surface area contributed by atoms with Crippen LogP contribution in [0.4, 0.5) is 0 Å². The van der Waals surface area contributed by atoms with Crippen molar-refractivity contribution in [3.05, 3.63) is 71.3 Å². The molecule has 0 aromatic heterocycles. The van der Waals surface area contributed by atoms with Gasteiger partial charge in [-0.25, -0.2) is 4.79 Å². The number of carbonyl (C=O) groups is 2. The summed E-state index contributed by atoms with van der Waals surface area (Å²) in [5.41, 5.74) is 0.814. The number of ketones is 1. The van der Waals surface area contributed by atoms with E-state index >= 15 is 0 Å². The Morgan fingerprint density at radius 1 is 0.842 bits per heavy atom. The molecule has 0 unspecified atom stereocenters. The fraction of sp³-hybridized carbons (Fsp3) is 0. The van der Waals surface area contributed by atoms with E-state index < -0.39 is 5.97 Å². The summed E-state index contributed by atoms with van der Waals surface area (Å²) in [7, 11) is 0. The molecule has 0 aliphatic rings. The highest BCUT2D eigenvalue weighted by molar-refractivity contribution is 6.14. The van der Waals surface area contributed by atoms with Crippen molar-refractivity contribution in [1.82, 2.24) is 0 Å². The summed E-state index contributed by atoms with van der Waals surface area (Å²) in [5, 5.41) is 0. The third-order valence-electron chi connectivity index (χ3n) is 2.55. The van der Waals surface area contributed by atoms with Crippen molar-refractivity contribution in [2.75, 3.05) is 0 Å². The smallest absolute Gasteiger partial charge is 0.289 e. The predicted octanol–water partition coefficient (Wildman–Crippen LogP) is 1.88. The van der Waals surface area contributed by atoms with Crippen LogP contribution in [0.5, 0.6) is 0 Å². The molecule has 2 aromatic carbocycles. The van der Waals surface area contributed by atoms with Crippen molar-refractivity contribution in [1.29, 1.82) is 0 Å². The lowest BCUT2D eigenvalue weighted by molar-refractivity contribution is -0.245. The van der Waals surface area contributed by atoms with Gasteiger partial charge in [-0.15, -0.1) is 0 Å². The predicted molar refractivity (Wildman–Crippen MR) is 67.0 cm³/mol. The second-order valence-electron chi connectivity index (χ2n) is 3.71. The summed E-state index contributed by atoms with van der Waals surface area (Å²) >= 11 is 0. The highest BCUT2D eigenvalue weighted by atomic mass is 17.3. The Hall–Kier alpha value is -2.50. The maximum absolute atomic E-state index is 12.3. The standard InChI is InChI=1S/C14H11NO4/c15-19-18-14(17)12-9-5-4-8-11(12)13(16)10-6-2-1-3-7-10/h1-9H,15H2. The maximum atomic E-state index is 12.3. The molecule has 2 aromatic rings. The van der Waals surface area contributed by atoms with Crippen LogP contribution in [0.15, 0.2) is 54.6 Å². The van der Waals surface area contributed by atoms with Crippen LogP contribution >= 0.6 is 0 Å². The first-order valence-corrected chi connectivity index (χ1v) is 5.50. The number of hydrogen-bond donors (Lipinski definition) is 1. The first-order valence-electron chi connectivity index (χ1n) is 5.50. The Labute approximate surface area is 109 Å². The Bertz CT molecular complexity index is 595. The molecule has 0 heterocycles. The van der Waals surface area contributed by atoms with Gasteiger partial charge >= 0.3 is 5.97 Å². The van der Waals surface area contributed by atoms with Crippen molar-refractivity contribution in [3.8, 4) is 0 Å². The second kappa shape index (κ2) is 5.90. The van der Waals surface area contributed by atoms with Gasteiger partial charge < -0.3 is 0 Å². The minimum atomic E-state index is -0.817. The van der Waals surface area contributed by atoms with Gasteiger partial charge in [-0.1, -0.05) is 53.5 Å². The van der Waals surface area contributed by atoms with Gasteiger partial charge in [-0.05, 0) is 6.07 Å². The van der Waals surface area contributed by atoms with Crippen molar-refractivity contribution < 1.29 is 19.5 Å². The fourth-order valence-electron chi connectivity index (χ4n) is 1.69. The van der Waals surface area contributed by atoms with Crippen molar-refractivity contribution in [3.63, 3.8) is 0 Å². The first-order chi connectivity index (χ1) is 9.24. The molecular weight excluding hydrogens is 246 g/mol. The van der Waals surface area contributed by atoms with E-state index in [-0.39, 0.29) is 16.9 Å². The molecule has 0 aliphatic heterocycles. The molecule has 19 heavy (non-hydrogen) atoms. The van der Waals surface area contributed by atoms with Crippen LogP contribution < -0.4 is 5.90 Å². The van der Waals surface area contributed by atoms with E-state index in [1.165, 1.54) is 6.07 Å². The average molecular weight is 257 g/mol. The molecule has 0 radical (unpaired) electrons. The zero-order valence-corrected chi connectivity index (χ0v) is 9.91. The molecule has 5 heteroatoms. The van der Waals surface area contributed by atoms with Gasteiger partial charge in [-0.2, -0.15) is 5.90 Å². The zero-order valence-electron chi connectivity index (χ0n) is 9.91. The van der Waals surface area contributed by atoms with Crippen molar-refractivity contribution in [2.24, 2.45) is 5.90 Å². The molecule has 2 N–H and O–H groups in total. The third-order valence-corrected chi connectivity index (χ3v) is 2.55. The SMILES string of the molecule is NOOC(=O)c1ccccc1C(=O)c1ccccc1. The highest BCUT2D eigenvalue weighted by Crippen LogP contribution is 2.15. The quantitative estimate of drug-likeness (QED) is 0.514. The highest BCUT2D eigenvalue weighted by Gasteiger charge is 2.19. The first kappa shape index (κ1) is 12.9. The summed E-state index contributed by atoms with van der Waals surface area (Å²) in [5.74, 6) is 3.59. The molecular formula is C14H11NO4. The van der Waals surface area contributed by atoms with Gasteiger partial charge in [0.15, 0.2) is 5.78 Å². The van der Waals surface area contributed by atoms with Gasteiger partial charge in [0, 0.05) is 11.1 Å². The molecule has 96 valence electrons. The number of hydrogen-bond acceptors (Lipinski definition) is 5. The van der Waals surface area contributed by atoms with Gasteiger partial charge in [0.25, 0.3) is 0 Å². The molecule has 5 nitrogen and oxygen atoms in total. The van der Waals surface area contributed by atoms with Crippen LogP contribution in [-0.2, 0) is 9.88 Å². The van der Waals surface area contributed by atoms with E-state index in [4.69, 9.17) is 0 Å². The lowest BCUT2D eigenvalue weighted by Gasteiger charge is -2.06. The van der Waals surface area contributed by atoms with Crippen LogP contribution in [-0.4, -0.2) is 11.8 Å². The van der Waals surface area contributed by atoms with E-state index in [1.807, 2.05) is 0 Å². The molecule has 0 saturated heterocycles. The summed E-state index contributed by atoms with van der Waals surface area (Å²) in [6.45, 7) is 0. The lowest BCUT2D eigenvalue weighted by Crippen LogP contribution is -2.14. The third kappa shape index (κ3) is 2.85. The van der Waals surface area contributed by atoms with Crippen molar-refractivity contribution >= 4 is 11.8 Å². The number of nitrogens with two attached hydrogens (primary N) is 1. The van der Waals surface area contributed by atoms with Crippen LogP contribution in [0.1, 0.15) is 26.3 Å². The van der Waals surface area contributed by atoms with Gasteiger partial charge in [0.05, 0.1) is 5.56 Å². The van der Waals surface area contributed by atoms with Crippen molar-refractivity contribution in [2.45, 2.75) is 0 Å². The lowest BCUT2D eigenvalue weighted by atomic mass is 9.98. The largest absolute Gasteiger partial charge is 0.375 e. The molecule has 0 spiro atoms. The van der Waals surface area contributed by atoms with E-state index in [9.17, 15) is 9.59 Å². The monoisotopic (exact) mass is 257 g/mol. The van der Waals surface area contributed by atoms with E-state index in [1.54, 1.807) is 48.5 Å². The van der Waals surface area contributed by atoms with Gasteiger partial charge in [-0.3, -0.25) is 9.68 Å². The van der Waals surface area contributed by atoms with E-state index in [0.717, 1.165) is 0 Å². The number of benzene rings is 2. The molecule has 0 aliphatic carbocycles. The summed E-state index contributed by atoms with van der Waals surface area (Å²) in [6, 6.07) is 14.9. The summed E-state index contributed by atoms with van der Waals surface area (Å²) in [6.07, 6.45) is 0. The Kier molecular flexibility index (Phi) is 4.02. The van der Waals surface area contributed by atoms with Gasteiger partial charge in [0.1, 0.15) is 0 Å². The van der Waals surface area contributed by atoms with Gasteiger partial charge in [0.2, 0.25) is 0 Å². The topological polar surface area (TPSA) is 78.6 Å². The molecule has 0 atom stereocenters. The van der Waals surface area contributed by atoms with Crippen LogP contribution in [0.3, 0.4) is 0 Å². The number of rotatable bonds is 4. The molecule has 0 fully saturated rings. The number of carbonyl (C=O) groups excluding carboxylic acids is 2. The fourth-order valence-corrected chi connectivity index (χ4v) is 1.69. The van der Waals surface area contributed by atoms with Crippen LogP contribution in [0.2, 0.25) is 0 Å². The normalized spacial score (nSPS) is 9.95. The molecule has 0 amide bonds. The Morgan fingerprint density at radius 2 is 1.42 bits per heavy atom. The second-order valence-corrected chi connectivity index (χ2v) is 3.71. The van der Waals surface area contributed by atoms with E-state index in [0.29, 0.717) is 5.56 Å². The molecule has 2 rings (SSSR count). The van der Waals surface area contributed by atoms with Crippen LogP contribution in [0.25, 0.3) is 0 Å². The van der Waals surface area contributed by atoms with E-state index in [2.05, 4.69) is 15.8 Å². The minimum Gasteiger partial charge on any atom is -0.289 e. The molecule has 0 saturated carbocycles. The Morgan fingerprint density at radius 3 is 2.05 bits per heavy atom. The average Bonchev–Trinajstić information content (AvgIpc) is 2.47. The minimum absolute atomic E-state index is 0.0989. The summed E-state index contributed by atoms with van der Waals surface area (Å²) < 4.78 is 0. The molecule has 0 bridgehead atoms. The zero-order chi connectivity index (χ0) is 13.7. The Balaban J connectivity index is 2.40. The van der Waals surface area contributed by atoms with Crippen LogP contribution in [0, 0.1) is 0 Å². The maximum Gasteiger partial charge on any atom is 0.375 e. The summed E-state index contributed by atoms with van der Waals surface area (Å²) in [4.78, 5) is 32.0.